The van der Waals surface area contributed by atoms with Crippen LogP contribution in [0.25, 0.3) is 5.65 Å². The SMILES string of the molecule is CN=C(NCCCc1nnc2ccccn12)NC1CCN(S(=O)(=O)C(F)(F)F)CC1.I. The Balaban J connectivity index is 0.00000341. The molecule has 0 unspecified atom stereocenters. The van der Waals surface area contributed by atoms with Crippen molar-refractivity contribution in [3.63, 3.8) is 0 Å². The fraction of sp³-hybridized carbons (Fsp3) is 0.588. The molecule has 0 amide bonds. The van der Waals surface area contributed by atoms with Crippen LogP contribution >= 0.6 is 24.0 Å². The zero-order valence-corrected chi connectivity index (χ0v) is 20.0. The number of aromatic nitrogens is 3. The second kappa shape index (κ2) is 10.8. The van der Waals surface area contributed by atoms with Gasteiger partial charge in [-0.25, -0.2) is 8.42 Å². The highest BCUT2D eigenvalue weighted by Gasteiger charge is 2.50. The van der Waals surface area contributed by atoms with Crippen LogP contribution in [0, 0.1) is 0 Å². The largest absolute Gasteiger partial charge is 0.511 e. The highest BCUT2D eigenvalue weighted by Crippen LogP contribution is 2.28. The summed E-state index contributed by atoms with van der Waals surface area (Å²) in [7, 11) is -3.66. The highest BCUT2D eigenvalue weighted by molar-refractivity contribution is 14.0. The number of alkyl halides is 3. The van der Waals surface area contributed by atoms with Gasteiger partial charge in [0.1, 0.15) is 5.82 Å². The minimum atomic E-state index is -5.27. The monoisotopic (exact) mass is 575 g/mol. The standard InChI is InChI=1S/C17H24F3N7O2S.HI/c1-21-16(22-9-4-6-15-25-24-14-5-2-3-10-27(14)15)23-13-7-11-26(12-8-13)30(28,29)17(18,19)20;/h2-3,5,10,13H,4,6-9,11-12H2,1H3,(H2,21,22,23);1H. The van der Waals surface area contributed by atoms with Crippen molar-refractivity contribution in [2.24, 2.45) is 4.99 Å². The first-order valence-corrected chi connectivity index (χ1v) is 11.0. The third-order valence-corrected chi connectivity index (χ3v) is 6.53. The second-order valence-electron chi connectivity index (χ2n) is 6.92. The Morgan fingerprint density at radius 3 is 2.61 bits per heavy atom. The van der Waals surface area contributed by atoms with Crippen LogP contribution in [-0.4, -0.2) is 71.5 Å². The predicted molar refractivity (Wildman–Crippen MR) is 121 cm³/mol. The lowest BCUT2D eigenvalue weighted by Gasteiger charge is -2.32. The Kier molecular flexibility index (Phi) is 8.88. The molecule has 2 N–H and O–H groups in total. The summed E-state index contributed by atoms with van der Waals surface area (Å²) in [6.45, 7) is 0.246. The third kappa shape index (κ3) is 6.19. The van der Waals surface area contributed by atoms with E-state index < -0.39 is 15.5 Å². The number of sulfonamides is 1. The molecule has 0 aromatic carbocycles. The molecular weight excluding hydrogens is 550 g/mol. The van der Waals surface area contributed by atoms with Gasteiger partial charge in [0.15, 0.2) is 11.6 Å². The topological polar surface area (TPSA) is 104 Å². The van der Waals surface area contributed by atoms with Crippen molar-refractivity contribution in [1.82, 2.24) is 29.5 Å². The molecule has 174 valence electrons. The summed E-state index contributed by atoms with van der Waals surface area (Å²) in [6.07, 6.45) is 3.93. The van der Waals surface area contributed by atoms with Crippen LogP contribution in [0.15, 0.2) is 29.4 Å². The van der Waals surface area contributed by atoms with E-state index in [1.165, 1.54) is 0 Å². The fourth-order valence-corrected chi connectivity index (χ4v) is 4.27. The van der Waals surface area contributed by atoms with Crippen LogP contribution in [0.2, 0.25) is 0 Å². The van der Waals surface area contributed by atoms with Crippen LogP contribution in [-0.2, 0) is 16.4 Å². The summed E-state index contributed by atoms with van der Waals surface area (Å²) in [5, 5.41) is 14.6. The molecule has 9 nitrogen and oxygen atoms in total. The quantitative estimate of drug-likeness (QED) is 0.236. The number of piperidine rings is 1. The van der Waals surface area contributed by atoms with Gasteiger partial charge in [0.25, 0.3) is 0 Å². The zero-order chi connectivity index (χ0) is 21.8. The van der Waals surface area contributed by atoms with Gasteiger partial charge in [-0.1, -0.05) is 6.07 Å². The van der Waals surface area contributed by atoms with E-state index in [0.29, 0.717) is 23.2 Å². The van der Waals surface area contributed by atoms with Crippen molar-refractivity contribution in [3.05, 3.63) is 30.2 Å². The Morgan fingerprint density at radius 1 is 1.26 bits per heavy atom. The molecule has 1 aliphatic heterocycles. The van der Waals surface area contributed by atoms with Crippen LogP contribution in [0.4, 0.5) is 13.2 Å². The van der Waals surface area contributed by atoms with Gasteiger partial charge in [0, 0.05) is 45.3 Å². The molecule has 0 atom stereocenters. The van der Waals surface area contributed by atoms with Gasteiger partial charge < -0.3 is 10.6 Å². The number of nitrogens with one attached hydrogen (secondary N) is 2. The van der Waals surface area contributed by atoms with Crippen molar-refractivity contribution in [1.29, 1.82) is 0 Å². The summed E-state index contributed by atoms with van der Waals surface area (Å²) in [5.41, 5.74) is -4.47. The van der Waals surface area contributed by atoms with Gasteiger partial charge in [-0.05, 0) is 31.4 Å². The van der Waals surface area contributed by atoms with E-state index in [9.17, 15) is 21.6 Å². The lowest BCUT2D eigenvalue weighted by atomic mass is 10.1. The minimum Gasteiger partial charge on any atom is -0.356 e. The number of halogens is 4. The molecule has 1 saturated heterocycles. The maximum atomic E-state index is 12.7. The van der Waals surface area contributed by atoms with Crippen molar-refractivity contribution in [2.75, 3.05) is 26.7 Å². The van der Waals surface area contributed by atoms with E-state index in [2.05, 4.69) is 25.8 Å². The molecule has 3 rings (SSSR count). The molecule has 0 spiro atoms. The van der Waals surface area contributed by atoms with Gasteiger partial charge >= 0.3 is 15.5 Å². The smallest absolute Gasteiger partial charge is 0.356 e. The lowest BCUT2D eigenvalue weighted by Crippen LogP contribution is -2.51. The van der Waals surface area contributed by atoms with Gasteiger partial charge in [-0.2, -0.15) is 17.5 Å². The van der Waals surface area contributed by atoms with E-state index >= 15 is 0 Å². The summed E-state index contributed by atoms with van der Waals surface area (Å²) >= 11 is 0. The number of aryl methyl sites for hydroxylation is 1. The molecule has 14 heteroatoms. The molecule has 1 aliphatic rings. The van der Waals surface area contributed by atoms with Crippen molar-refractivity contribution in [2.45, 2.75) is 37.2 Å². The molecule has 0 bridgehead atoms. The summed E-state index contributed by atoms with van der Waals surface area (Å²) < 4.78 is 63.3. The Labute approximate surface area is 195 Å². The third-order valence-electron chi connectivity index (χ3n) is 4.90. The highest BCUT2D eigenvalue weighted by atomic mass is 127. The van der Waals surface area contributed by atoms with E-state index in [0.717, 1.165) is 17.9 Å². The summed E-state index contributed by atoms with van der Waals surface area (Å²) in [4.78, 5) is 4.12. The number of guanidine groups is 1. The van der Waals surface area contributed by atoms with E-state index in [4.69, 9.17) is 0 Å². The van der Waals surface area contributed by atoms with Gasteiger partial charge in [0.05, 0.1) is 0 Å². The Bertz CT molecular complexity index is 989. The molecule has 3 heterocycles. The minimum absolute atomic E-state index is 0. The van der Waals surface area contributed by atoms with Gasteiger partial charge in [-0.3, -0.25) is 9.39 Å². The van der Waals surface area contributed by atoms with Crippen molar-refractivity contribution in [3.8, 4) is 0 Å². The predicted octanol–water partition coefficient (Wildman–Crippen LogP) is 1.76. The van der Waals surface area contributed by atoms with Crippen molar-refractivity contribution >= 4 is 45.6 Å². The molecule has 2 aromatic rings. The zero-order valence-electron chi connectivity index (χ0n) is 16.8. The first-order valence-electron chi connectivity index (χ1n) is 9.54. The summed E-state index contributed by atoms with van der Waals surface area (Å²) in [6, 6.07) is 5.53. The first kappa shape index (κ1) is 25.6. The lowest BCUT2D eigenvalue weighted by molar-refractivity contribution is -0.0494. The molecule has 0 radical (unpaired) electrons. The average molecular weight is 575 g/mol. The molecular formula is C17H25F3IN7O2S. The Hall–Kier alpha value is -1.68. The summed E-state index contributed by atoms with van der Waals surface area (Å²) in [5.74, 6) is 1.38. The fourth-order valence-electron chi connectivity index (χ4n) is 3.29. The molecule has 0 aliphatic carbocycles. The van der Waals surface area contributed by atoms with E-state index in [-0.39, 0.29) is 55.9 Å². The number of aliphatic imine (C=N–C) groups is 1. The number of hydrogen-bond donors (Lipinski definition) is 2. The van der Waals surface area contributed by atoms with Crippen LogP contribution < -0.4 is 10.6 Å². The second-order valence-corrected chi connectivity index (χ2v) is 8.85. The number of hydrogen-bond acceptors (Lipinski definition) is 5. The van der Waals surface area contributed by atoms with E-state index in [1.807, 2.05) is 28.8 Å². The number of rotatable bonds is 6. The number of fused-ring (bicyclic) bond motifs is 1. The average Bonchev–Trinajstić information content (AvgIpc) is 3.13. The maximum absolute atomic E-state index is 12.7. The van der Waals surface area contributed by atoms with Crippen molar-refractivity contribution < 1.29 is 21.6 Å². The molecule has 2 aromatic heterocycles. The number of nitrogens with zero attached hydrogens (tertiary/aromatic N) is 5. The number of pyridine rings is 1. The molecule has 0 saturated carbocycles. The van der Waals surface area contributed by atoms with Gasteiger partial charge in [-0.15, -0.1) is 34.2 Å². The normalized spacial score (nSPS) is 16.8. The van der Waals surface area contributed by atoms with Crippen LogP contribution in [0.5, 0.6) is 0 Å². The van der Waals surface area contributed by atoms with Gasteiger partial charge in [0.2, 0.25) is 0 Å². The first-order chi connectivity index (χ1) is 14.2. The van der Waals surface area contributed by atoms with Crippen LogP contribution in [0.3, 0.4) is 0 Å². The molecule has 1 fully saturated rings. The van der Waals surface area contributed by atoms with E-state index in [1.54, 1.807) is 7.05 Å². The maximum Gasteiger partial charge on any atom is 0.511 e. The molecule has 31 heavy (non-hydrogen) atoms. The Morgan fingerprint density at radius 2 is 1.97 bits per heavy atom. The van der Waals surface area contributed by atoms with Crippen LogP contribution in [0.1, 0.15) is 25.1 Å².